The van der Waals surface area contributed by atoms with E-state index in [1.54, 1.807) is 0 Å². The first-order chi connectivity index (χ1) is 9.63. The first kappa shape index (κ1) is 14.2. The van der Waals surface area contributed by atoms with Crippen LogP contribution >= 0.6 is 0 Å². The minimum absolute atomic E-state index is 0.0282. The molecule has 0 aliphatic carbocycles. The number of hydrogen-bond acceptors (Lipinski definition) is 5. The van der Waals surface area contributed by atoms with E-state index in [0.29, 0.717) is 12.1 Å². The number of rotatable bonds is 6. The van der Waals surface area contributed by atoms with E-state index in [-0.39, 0.29) is 18.3 Å². The van der Waals surface area contributed by atoms with Crippen molar-refractivity contribution in [1.82, 2.24) is 4.98 Å². The zero-order valence-corrected chi connectivity index (χ0v) is 11.2. The molecule has 106 valence electrons. The number of nitro groups is 1. The molecule has 0 fully saturated rings. The third-order valence-electron chi connectivity index (χ3n) is 3.14. The predicted molar refractivity (Wildman–Crippen MR) is 77.8 cm³/mol. The summed E-state index contributed by atoms with van der Waals surface area (Å²) >= 11 is 0. The molecule has 2 rings (SSSR count). The Balaban J connectivity index is 2.41. The fourth-order valence-electron chi connectivity index (χ4n) is 2.14. The molecule has 1 atom stereocenters. The normalized spacial score (nSPS) is 12.3. The van der Waals surface area contributed by atoms with Gasteiger partial charge in [0.2, 0.25) is 0 Å². The summed E-state index contributed by atoms with van der Waals surface area (Å²) in [5.41, 5.74) is 1.18. The zero-order chi connectivity index (χ0) is 14.5. The van der Waals surface area contributed by atoms with Crippen molar-refractivity contribution in [2.75, 3.05) is 11.9 Å². The van der Waals surface area contributed by atoms with E-state index in [4.69, 9.17) is 5.11 Å². The molecule has 1 aromatic carbocycles. The van der Waals surface area contributed by atoms with Gasteiger partial charge in [0.1, 0.15) is 11.9 Å². The van der Waals surface area contributed by atoms with E-state index >= 15 is 0 Å². The number of hydrogen-bond donors (Lipinski definition) is 2. The lowest BCUT2D eigenvalue weighted by molar-refractivity contribution is -0.384. The Labute approximate surface area is 116 Å². The van der Waals surface area contributed by atoms with Gasteiger partial charge in [-0.05, 0) is 25.8 Å². The largest absolute Gasteiger partial charge is 0.396 e. The van der Waals surface area contributed by atoms with Crippen molar-refractivity contribution in [3.8, 4) is 0 Å². The van der Waals surface area contributed by atoms with Crippen LogP contribution in [0.5, 0.6) is 0 Å². The molecule has 6 heteroatoms. The molecule has 0 spiro atoms. The van der Waals surface area contributed by atoms with Crippen LogP contribution in [0.2, 0.25) is 0 Å². The van der Waals surface area contributed by atoms with Gasteiger partial charge in [-0.15, -0.1) is 0 Å². The Morgan fingerprint density at radius 2 is 2.20 bits per heavy atom. The summed E-state index contributed by atoms with van der Waals surface area (Å²) in [5, 5.41) is 23.9. The van der Waals surface area contributed by atoms with E-state index in [1.807, 2.05) is 31.2 Å². The molecule has 0 saturated heterocycles. The highest BCUT2D eigenvalue weighted by Gasteiger charge is 2.19. The average Bonchev–Trinajstić information content (AvgIpc) is 2.45. The summed E-state index contributed by atoms with van der Waals surface area (Å²) in [6, 6.07) is 7.35. The van der Waals surface area contributed by atoms with Gasteiger partial charge >= 0.3 is 5.69 Å². The van der Waals surface area contributed by atoms with Gasteiger partial charge in [0.25, 0.3) is 0 Å². The van der Waals surface area contributed by atoms with Crippen LogP contribution in [0.25, 0.3) is 10.9 Å². The molecule has 2 aromatic rings. The van der Waals surface area contributed by atoms with Crippen molar-refractivity contribution in [3.63, 3.8) is 0 Å². The Morgan fingerprint density at radius 1 is 1.45 bits per heavy atom. The molecule has 0 radical (unpaired) electrons. The molecule has 0 aliphatic rings. The lowest BCUT2D eigenvalue weighted by atomic mass is 10.1. The van der Waals surface area contributed by atoms with Crippen molar-refractivity contribution in [2.45, 2.75) is 25.8 Å². The van der Waals surface area contributed by atoms with Crippen LogP contribution in [0.4, 0.5) is 11.4 Å². The SMILES string of the molecule is CC(CCCO)Nc1c([N+](=O)[O-])cnc2ccccc12. The molecule has 0 amide bonds. The zero-order valence-electron chi connectivity index (χ0n) is 11.2. The van der Waals surface area contributed by atoms with Crippen LogP contribution in [0.1, 0.15) is 19.8 Å². The van der Waals surface area contributed by atoms with Crippen molar-refractivity contribution in [2.24, 2.45) is 0 Å². The summed E-state index contributed by atoms with van der Waals surface area (Å²) in [4.78, 5) is 14.8. The average molecular weight is 275 g/mol. The van der Waals surface area contributed by atoms with Gasteiger partial charge in [-0.25, -0.2) is 4.98 Å². The number of aliphatic hydroxyl groups is 1. The fraction of sp³-hybridized carbons (Fsp3) is 0.357. The smallest absolute Gasteiger partial charge is 0.311 e. The Kier molecular flexibility index (Phi) is 4.47. The van der Waals surface area contributed by atoms with Gasteiger partial charge in [0.05, 0.1) is 10.4 Å². The minimum atomic E-state index is -0.430. The number of pyridine rings is 1. The monoisotopic (exact) mass is 275 g/mol. The lowest BCUT2D eigenvalue weighted by Gasteiger charge is -2.16. The second-order valence-corrected chi connectivity index (χ2v) is 4.70. The summed E-state index contributed by atoms with van der Waals surface area (Å²) in [5.74, 6) is 0. The van der Waals surface area contributed by atoms with E-state index in [0.717, 1.165) is 17.3 Å². The summed E-state index contributed by atoms with van der Waals surface area (Å²) in [6.45, 7) is 2.06. The molecule has 0 bridgehead atoms. The predicted octanol–water partition coefficient (Wildman–Crippen LogP) is 2.72. The minimum Gasteiger partial charge on any atom is -0.396 e. The van der Waals surface area contributed by atoms with Crippen molar-refractivity contribution < 1.29 is 10.0 Å². The van der Waals surface area contributed by atoms with Crippen LogP contribution in [0, 0.1) is 10.1 Å². The summed E-state index contributed by atoms with van der Waals surface area (Å²) in [7, 11) is 0. The number of nitrogens with zero attached hydrogens (tertiary/aromatic N) is 2. The first-order valence-corrected chi connectivity index (χ1v) is 6.53. The third kappa shape index (κ3) is 3.03. The van der Waals surface area contributed by atoms with E-state index in [1.165, 1.54) is 6.20 Å². The molecule has 1 heterocycles. The molecule has 0 aliphatic heterocycles. The number of aliphatic hydroxyl groups excluding tert-OH is 1. The highest BCUT2D eigenvalue weighted by Crippen LogP contribution is 2.32. The van der Waals surface area contributed by atoms with E-state index in [9.17, 15) is 10.1 Å². The number of anilines is 1. The molecule has 2 N–H and O–H groups in total. The lowest BCUT2D eigenvalue weighted by Crippen LogP contribution is -2.17. The maximum atomic E-state index is 11.1. The molecule has 6 nitrogen and oxygen atoms in total. The molecule has 20 heavy (non-hydrogen) atoms. The third-order valence-corrected chi connectivity index (χ3v) is 3.14. The van der Waals surface area contributed by atoms with Gasteiger partial charge in [-0.2, -0.15) is 0 Å². The van der Waals surface area contributed by atoms with Crippen molar-refractivity contribution in [3.05, 3.63) is 40.6 Å². The van der Waals surface area contributed by atoms with E-state index < -0.39 is 4.92 Å². The first-order valence-electron chi connectivity index (χ1n) is 6.53. The standard InChI is InChI=1S/C14H17N3O3/c1-10(5-4-8-18)16-14-11-6-2-3-7-12(11)15-9-13(14)17(19)20/h2-3,6-7,9-10,18H,4-5,8H2,1H3,(H,15,16). The topological polar surface area (TPSA) is 88.3 Å². The Morgan fingerprint density at radius 3 is 2.90 bits per heavy atom. The molecule has 1 aromatic heterocycles. The van der Waals surface area contributed by atoms with Crippen LogP contribution < -0.4 is 5.32 Å². The van der Waals surface area contributed by atoms with Gasteiger partial charge in [-0.1, -0.05) is 18.2 Å². The second-order valence-electron chi connectivity index (χ2n) is 4.70. The molecular formula is C14H17N3O3. The Bertz CT molecular complexity index is 616. The quantitative estimate of drug-likeness (QED) is 0.625. The van der Waals surface area contributed by atoms with Crippen LogP contribution in [-0.4, -0.2) is 27.7 Å². The number of benzene rings is 1. The highest BCUT2D eigenvalue weighted by molar-refractivity contribution is 5.95. The van der Waals surface area contributed by atoms with Gasteiger partial charge in [0, 0.05) is 18.0 Å². The molecule has 1 unspecified atom stereocenters. The van der Waals surface area contributed by atoms with Gasteiger partial charge < -0.3 is 10.4 Å². The maximum Gasteiger partial charge on any atom is 0.311 e. The van der Waals surface area contributed by atoms with Gasteiger partial charge in [0.15, 0.2) is 0 Å². The second kappa shape index (κ2) is 6.29. The van der Waals surface area contributed by atoms with Crippen molar-refractivity contribution in [1.29, 1.82) is 0 Å². The molecule has 0 saturated carbocycles. The van der Waals surface area contributed by atoms with Crippen LogP contribution in [-0.2, 0) is 0 Å². The summed E-state index contributed by atoms with van der Waals surface area (Å²) in [6.07, 6.45) is 2.68. The number of aromatic nitrogens is 1. The number of para-hydroxylation sites is 1. The number of fused-ring (bicyclic) bond motifs is 1. The number of nitrogens with one attached hydrogen (secondary N) is 1. The summed E-state index contributed by atoms with van der Waals surface area (Å²) < 4.78 is 0. The highest BCUT2D eigenvalue weighted by atomic mass is 16.6. The van der Waals surface area contributed by atoms with Crippen LogP contribution in [0.3, 0.4) is 0 Å². The van der Waals surface area contributed by atoms with E-state index in [2.05, 4.69) is 10.3 Å². The fourth-order valence-corrected chi connectivity index (χ4v) is 2.14. The maximum absolute atomic E-state index is 11.1. The van der Waals surface area contributed by atoms with Crippen molar-refractivity contribution >= 4 is 22.3 Å². The molecular weight excluding hydrogens is 258 g/mol. The van der Waals surface area contributed by atoms with Crippen LogP contribution in [0.15, 0.2) is 30.5 Å². The Hall–Kier alpha value is -2.21. The van der Waals surface area contributed by atoms with Gasteiger partial charge in [-0.3, -0.25) is 10.1 Å².